The van der Waals surface area contributed by atoms with Gasteiger partial charge in [0.1, 0.15) is 17.3 Å². The third-order valence-corrected chi connectivity index (χ3v) is 3.53. The van der Waals surface area contributed by atoms with Crippen molar-refractivity contribution in [1.29, 1.82) is 0 Å². The Hall–Kier alpha value is -1.65. The van der Waals surface area contributed by atoms with Crippen LogP contribution in [-0.2, 0) is 0 Å². The second-order valence-electron chi connectivity index (χ2n) is 7.06. The van der Waals surface area contributed by atoms with Gasteiger partial charge >= 0.3 is 0 Å². The first kappa shape index (κ1) is 15.7. The molecule has 1 aromatic heterocycles. The summed E-state index contributed by atoms with van der Waals surface area (Å²) in [7, 11) is 0. The highest BCUT2D eigenvalue weighted by atomic mass is 16.2. The number of nitrogens with zero attached hydrogens (tertiary/aromatic N) is 3. The van der Waals surface area contributed by atoms with Crippen molar-refractivity contribution in [2.45, 2.75) is 53.0 Å². The summed E-state index contributed by atoms with van der Waals surface area (Å²) in [5.74, 6) is 2.04. The molecule has 1 aliphatic rings. The molecule has 1 aromatic rings. The number of nitrogens with one attached hydrogen (secondary N) is 1. The van der Waals surface area contributed by atoms with Gasteiger partial charge in [0.2, 0.25) is 0 Å². The Morgan fingerprint density at radius 2 is 2.10 bits per heavy atom. The first-order valence-electron chi connectivity index (χ1n) is 7.68. The summed E-state index contributed by atoms with van der Waals surface area (Å²) in [6.07, 6.45) is 2.44. The number of carbonyl (C=O) groups is 1. The summed E-state index contributed by atoms with van der Waals surface area (Å²) in [4.78, 5) is 23.3. The third kappa shape index (κ3) is 4.41. The molecule has 0 spiro atoms. The standard InChI is InChI=1S/C16H26N4O/c1-11-7-6-8-20(10-11)14-9-13(17-12(2)18-14)15(21)19-16(3,4)5/h9,11H,6-8,10H2,1-5H3,(H,19,21). The lowest BCUT2D eigenvalue weighted by Crippen LogP contribution is -2.41. The predicted octanol–water partition coefficient (Wildman–Crippen LogP) is 2.55. The van der Waals surface area contributed by atoms with E-state index in [1.54, 1.807) is 0 Å². The van der Waals surface area contributed by atoms with Crippen LogP contribution in [0.1, 0.15) is 56.8 Å². The van der Waals surface area contributed by atoms with Crippen LogP contribution in [-0.4, -0.2) is 34.5 Å². The molecule has 116 valence electrons. The highest BCUT2D eigenvalue weighted by molar-refractivity contribution is 5.93. The molecule has 0 aliphatic carbocycles. The van der Waals surface area contributed by atoms with E-state index in [1.807, 2.05) is 33.8 Å². The van der Waals surface area contributed by atoms with Crippen LogP contribution in [0.25, 0.3) is 0 Å². The van der Waals surface area contributed by atoms with Gasteiger partial charge in [0, 0.05) is 24.7 Å². The van der Waals surface area contributed by atoms with Crippen molar-refractivity contribution in [3.05, 3.63) is 17.6 Å². The quantitative estimate of drug-likeness (QED) is 0.909. The van der Waals surface area contributed by atoms with Gasteiger partial charge in [-0.3, -0.25) is 4.79 Å². The number of carbonyl (C=O) groups excluding carboxylic acids is 1. The van der Waals surface area contributed by atoms with Crippen LogP contribution >= 0.6 is 0 Å². The molecule has 0 bridgehead atoms. The van der Waals surface area contributed by atoms with Crippen LogP contribution in [0.4, 0.5) is 5.82 Å². The molecule has 0 aromatic carbocycles. The van der Waals surface area contributed by atoms with Gasteiger partial charge in [0.05, 0.1) is 0 Å². The zero-order chi connectivity index (χ0) is 15.6. The SMILES string of the molecule is Cc1nc(C(=O)NC(C)(C)C)cc(N2CCCC(C)C2)n1. The summed E-state index contributed by atoms with van der Waals surface area (Å²) in [5, 5.41) is 2.95. The smallest absolute Gasteiger partial charge is 0.270 e. The summed E-state index contributed by atoms with van der Waals surface area (Å²) < 4.78 is 0. The second-order valence-corrected chi connectivity index (χ2v) is 7.06. The average molecular weight is 290 g/mol. The predicted molar refractivity (Wildman–Crippen MR) is 84.6 cm³/mol. The van der Waals surface area contributed by atoms with Gasteiger partial charge in [-0.15, -0.1) is 0 Å². The van der Waals surface area contributed by atoms with Gasteiger partial charge < -0.3 is 10.2 Å². The Morgan fingerprint density at radius 3 is 2.71 bits per heavy atom. The monoisotopic (exact) mass is 290 g/mol. The largest absolute Gasteiger partial charge is 0.356 e. The fourth-order valence-corrected chi connectivity index (χ4v) is 2.63. The summed E-state index contributed by atoms with van der Waals surface area (Å²) in [5.41, 5.74) is 0.182. The van der Waals surface area contributed by atoms with Crippen LogP contribution in [0.2, 0.25) is 0 Å². The van der Waals surface area contributed by atoms with Crippen molar-refractivity contribution in [2.24, 2.45) is 5.92 Å². The zero-order valence-electron chi connectivity index (χ0n) is 13.7. The summed E-state index contributed by atoms with van der Waals surface area (Å²) in [6, 6.07) is 1.81. The summed E-state index contributed by atoms with van der Waals surface area (Å²) >= 11 is 0. The molecule has 1 fully saturated rings. The van der Waals surface area contributed by atoms with E-state index in [0.717, 1.165) is 18.9 Å². The van der Waals surface area contributed by atoms with E-state index in [4.69, 9.17) is 0 Å². The number of hydrogen-bond donors (Lipinski definition) is 1. The number of amides is 1. The Labute approximate surface area is 127 Å². The van der Waals surface area contributed by atoms with E-state index in [9.17, 15) is 4.79 Å². The molecule has 1 aliphatic heterocycles. The lowest BCUT2D eigenvalue weighted by atomic mass is 10.0. The van der Waals surface area contributed by atoms with Gasteiger partial charge in [-0.25, -0.2) is 9.97 Å². The number of rotatable bonds is 2. The van der Waals surface area contributed by atoms with E-state index in [1.165, 1.54) is 12.8 Å². The van der Waals surface area contributed by atoms with Crippen molar-refractivity contribution in [3.63, 3.8) is 0 Å². The molecule has 5 heteroatoms. The number of hydrogen-bond acceptors (Lipinski definition) is 4. The molecular weight excluding hydrogens is 264 g/mol. The van der Waals surface area contributed by atoms with Crippen LogP contribution in [0, 0.1) is 12.8 Å². The van der Waals surface area contributed by atoms with Crippen LogP contribution in [0.3, 0.4) is 0 Å². The topological polar surface area (TPSA) is 58.1 Å². The van der Waals surface area contributed by atoms with E-state index >= 15 is 0 Å². The van der Waals surface area contributed by atoms with Crippen LogP contribution in [0.5, 0.6) is 0 Å². The van der Waals surface area contributed by atoms with Crippen molar-refractivity contribution < 1.29 is 4.79 Å². The molecule has 1 saturated heterocycles. The first-order valence-corrected chi connectivity index (χ1v) is 7.68. The van der Waals surface area contributed by atoms with E-state index < -0.39 is 0 Å². The Balaban J connectivity index is 2.22. The fourth-order valence-electron chi connectivity index (χ4n) is 2.63. The number of aromatic nitrogens is 2. The minimum atomic E-state index is -0.268. The molecule has 21 heavy (non-hydrogen) atoms. The molecule has 2 heterocycles. The maximum Gasteiger partial charge on any atom is 0.270 e. The summed E-state index contributed by atoms with van der Waals surface area (Å²) in [6.45, 7) is 12.0. The highest BCUT2D eigenvalue weighted by Crippen LogP contribution is 2.22. The molecule has 2 rings (SSSR count). The van der Waals surface area contributed by atoms with Gasteiger partial charge in [0.25, 0.3) is 5.91 Å². The maximum absolute atomic E-state index is 12.3. The van der Waals surface area contributed by atoms with Gasteiger partial charge in [0.15, 0.2) is 0 Å². The highest BCUT2D eigenvalue weighted by Gasteiger charge is 2.21. The number of piperidine rings is 1. The van der Waals surface area contributed by atoms with Gasteiger partial charge in [-0.05, 0) is 46.5 Å². The molecular formula is C16H26N4O. The molecule has 5 nitrogen and oxygen atoms in total. The molecule has 1 amide bonds. The molecule has 1 unspecified atom stereocenters. The van der Waals surface area contributed by atoms with Crippen LogP contribution in [0.15, 0.2) is 6.07 Å². The number of aryl methyl sites for hydroxylation is 1. The average Bonchev–Trinajstić information content (AvgIpc) is 2.36. The molecule has 0 radical (unpaired) electrons. The second kappa shape index (κ2) is 6.00. The molecule has 0 saturated carbocycles. The lowest BCUT2D eigenvalue weighted by molar-refractivity contribution is 0.0914. The zero-order valence-corrected chi connectivity index (χ0v) is 13.7. The Kier molecular flexibility index (Phi) is 4.49. The number of anilines is 1. The van der Waals surface area contributed by atoms with Crippen LogP contribution < -0.4 is 10.2 Å². The van der Waals surface area contributed by atoms with Gasteiger partial charge in [-0.1, -0.05) is 6.92 Å². The Morgan fingerprint density at radius 1 is 1.38 bits per heavy atom. The molecule has 1 atom stereocenters. The van der Waals surface area contributed by atoms with Crippen molar-refractivity contribution >= 4 is 11.7 Å². The Bertz CT molecular complexity index is 521. The first-order chi connectivity index (χ1) is 9.74. The van der Waals surface area contributed by atoms with E-state index in [2.05, 4.69) is 27.1 Å². The van der Waals surface area contributed by atoms with E-state index in [-0.39, 0.29) is 11.4 Å². The fraction of sp³-hybridized carbons (Fsp3) is 0.688. The minimum Gasteiger partial charge on any atom is -0.356 e. The third-order valence-electron chi connectivity index (χ3n) is 3.53. The molecule has 1 N–H and O–H groups in total. The van der Waals surface area contributed by atoms with E-state index in [0.29, 0.717) is 17.4 Å². The minimum absolute atomic E-state index is 0.140. The maximum atomic E-state index is 12.3. The van der Waals surface area contributed by atoms with Crippen molar-refractivity contribution in [3.8, 4) is 0 Å². The van der Waals surface area contributed by atoms with Crippen molar-refractivity contribution in [1.82, 2.24) is 15.3 Å². The lowest BCUT2D eigenvalue weighted by Gasteiger charge is -2.32. The normalized spacial score (nSPS) is 19.5. The van der Waals surface area contributed by atoms with Crippen molar-refractivity contribution in [2.75, 3.05) is 18.0 Å². The van der Waals surface area contributed by atoms with Gasteiger partial charge in [-0.2, -0.15) is 0 Å².